The summed E-state index contributed by atoms with van der Waals surface area (Å²) in [4.78, 5) is 17.7. The van der Waals surface area contributed by atoms with Gasteiger partial charge in [0.25, 0.3) is 5.56 Å². The summed E-state index contributed by atoms with van der Waals surface area (Å²) in [6, 6.07) is 22.1. The molecule has 0 aliphatic heterocycles. The molecule has 1 heterocycles. The first-order valence-corrected chi connectivity index (χ1v) is 9.79. The second-order valence-corrected chi connectivity index (χ2v) is 6.94. The topological polar surface area (TPSA) is 63.8 Å². The molecule has 0 aliphatic carbocycles. The van der Waals surface area contributed by atoms with Gasteiger partial charge < -0.3 is 9.84 Å². The maximum Gasteiger partial charge on any atom is 0.265 e. The van der Waals surface area contributed by atoms with Crippen LogP contribution in [0, 0.1) is 6.92 Å². The van der Waals surface area contributed by atoms with Gasteiger partial charge in [-0.3, -0.25) is 9.79 Å². The van der Waals surface area contributed by atoms with E-state index >= 15 is 0 Å². The molecule has 0 fully saturated rings. The van der Waals surface area contributed by atoms with Gasteiger partial charge in [0.15, 0.2) is 0 Å². The van der Waals surface area contributed by atoms with Gasteiger partial charge in [0.2, 0.25) is 5.88 Å². The molecular formula is C25H22N2O3. The van der Waals surface area contributed by atoms with Crippen molar-refractivity contribution in [1.82, 2.24) is 4.57 Å². The second-order valence-electron chi connectivity index (χ2n) is 6.94. The first kappa shape index (κ1) is 19.5. The number of rotatable bonds is 5. The Hall–Kier alpha value is -3.86. The largest absolute Gasteiger partial charge is 0.494 e. The Morgan fingerprint density at radius 1 is 0.967 bits per heavy atom. The van der Waals surface area contributed by atoms with Crippen molar-refractivity contribution in [3.8, 4) is 17.3 Å². The average molecular weight is 398 g/mol. The maximum absolute atomic E-state index is 13.2. The first-order valence-electron chi connectivity index (χ1n) is 9.79. The second kappa shape index (κ2) is 8.25. The average Bonchev–Trinajstić information content (AvgIpc) is 2.76. The number of hydrogen-bond donors (Lipinski definition) is 1. The van der Waals surface area contributed by atoms with Gasteiger partial charge in [-0.2, -0.15) is 0 Å². The van der Waals surface area contributed by atoms with Crippen molar-refractivity contribution in [3.63, 3.8) is 0 Å². The van der Waals surface area contributed by atoms with Crippen LogP contribution in [0.5, 0.6) is 11.6 Å². The van der Waals surface area contributed by atoms with E-state index in [0.29, 0.717) is 34.4 Å². The Morgan fingerprint density at radius 2 is 1.63 bits per heavy atom. The standard InChI is InChI=1S/C25H22N2O3/c1-3-30-20-14-12-19(13-15-20)27-24(28)22-7-5-4-6-21(22)23(25(27)29)16-26-18-10-8-17(2)9-11-18/h4-16,29H,3H2,1-2H3. The van der Waals surface area contributed by atoms with Crippen molar-refractivity contribution < 1.29 is 9.84 Å². The molecule has 150 valence electrons. The third kappa shape index (κ3) is 3.70. The number of aromatic hydroxyl groups is 1. The van der Waals surface area contributed by atoms with E-state index in [1.54, 1.807) is 36.5 Å². The third-order valence-corrected chi connectivity index (χ3v) is 4.89. The fraction of sp³-hybridized carbons (Fsp3) is 0.120. The van der Waals surface area contributed by atoms with Crippen LogP contribution >= 0.6 is 0 Å². The van der Waals surface area contributed by atoms with E-state index in [-0.39, 0.29) is 11.4 Å². The summed E-state index contributed by atoms with van der Waals surface area (Å²) in [5.41, 5.74) is 2.66. The van der Waals surface area contributed by atoms with Crippen molar-refractivity contribution in [2.45, 2.75) is 13.8 Å². The predicted molar refractivity (Wildman–Crippen MR) is 121 cm³/mol. The molecule has 0 saturated carbocycles. The Labute approximate surface area is 174 Å². The SMILES string of the molecule is CCOc1ccc(-n2c(O)c(C=Nc3ccc(C)cc3)c3ccccc3c2=O)cc1. The highest BCUT2D eigenvalue weighted by atomic mass is 16.5. The molecule has 4 rings (SSSR count). The number of ether oxygens (including phenoxy) is 1. The Kier molecular flexibility index (Phi) is 5.35. The number of aliphatic imine (C=N–C) groups is 1. The highest BCUT2D eigenvalue weighted by Crippen LogP contribution is 2.27. The minimum Gasteiger partial charge on any atom is -0.494 e. The van der Waals surface area contributed by atoms with Crippen LogP contribution in [0.3, 0.4) is 0 Å². The molecule has 0 bridgehead atoms. The minimum atomic E-state index is -0.292. The molecule has 0 unspecified atom stereocenters. The van der Waals surface area contributed by atoms with Crippen molar-refractivity contribution in [2.75, 3.05) is 6.61 Å². The van der Waals surface area contributed by atoms with Crippen molar-refractivity contribution in [2.24, 2.45) is 4.99 Å². The fourth-order valence-corrected chi connectivity index (χ4v) is 3.36. The highest BCUT2D eigenvalue weighted by Gasteiger charge is 2.16. The lowest BCUT2D eigenvalue weighted by molar-refractivity contribution is 0.340. The monoisotopic (exact) mass is 398 g/mol. The number of fused-ring (bicyclic) bond motifs is 1. The fourth-order valence-electron chi connectivity index (χ4n) is 3.36. The van der Waals surface area contributed by atoms with Crippen LogP contribution in [0.2, 0.25) is 0 Å². The number of pyridine rings is 1. The Balaban J connectivity index is 1.89. The van der Waals surface area contributed by atoms with E-state index in [2.05, 4.69) is 4.99 Å². The maximum atomic E-state index is 13.2. The van der Waals surface area contributed by atoms with Crippen LogP contribution in [0.15, 0.2) is 82.6 Å². The van der Waals surface area contributed by atoms with Crippen LogP contribution < -0.4 is 10.3 Å². The zero-order valence-corrected chi connectivity index (χ0v) is 16.9. The molecule has 4 aromatic rings. The summed E-state index contributed by atoms with van der Waals surface area (Å²) in [6.07, 6.45) is 1.60. The molecule has 5 nitrogen and oxygen atoms in total. The van der Waals surface area contributed by atoms with E-state index in [0.717, 1.165) is 11.3 Å². The quantitative estimate of drug-likeness (QED) is 0.473. The van der Waals surface area contributed by atoms with Gasteiger partial charge in [-0.05, 0) is 56.3 Å². The summed E-state index contributed by atoms with van der Waals surface area (Å²) < 4.78 is 6.78. The number of aryl methyl sites for hydroxylation is 1. The lowest BCUT2D eigenvalue weighted by Gasteiger charge is -2.14. The zero-order valence-electron chi connectivity index (χ0n) is 16.9. The lowest BCUT2D eigenvalue weighted by atomic mass is 10.1. The van der Waals surface area contributed by atoms with Crippen molar-refractivity contribution >= 4 is 22.7 Å². The van der Waals surface area contributed by atoms with Crippen LogP contribution in [0.1, 0.15) is 18.1 Å². The van der Waals surface area contributed by atoms with Crippen LogP contribution in [-0.4, -0.2) is 22.5 Å². The molecule has 0 atom stereocenters. The summed E-state index contributed by atoms with van der Waals surface area (Å²) in [5.74, 6) is 0.550. The molecule has 0 radical (unpaired) electrons. The lowest BCUT2D eigenvalue weighted by Crippen LogP contribution is -2.20. The summed E-state index contributed by atoms with van der Waals surface area (Å²) in [7, 11) is 0. The summed E-state index contributed by atoms with van der Waals surface area (Å²) in [6.45, 7) is 4.48. The smallest absolute Gasteiger partial charge is 0.265 e. The van der Waals surface area contributed by atoms with E-state index in [1.807, 2.05) is 56.3 Å². The molecule has 1 N–H and O–H groups in total. The number of benzene rings is 3. The van der Waals surface area contributed by atoms with Crippen LogP contribution in [0.25, 0.3) is 16.5 Å². The Morgan fingerprint density at radius 3 is 2.30 bits per heavy atom. The minimum absolute atomic E-state index is 0.154. The van der Waals surface area contributed by atoms with Crippen molar-refractivity contribution in [3.05, 3.63) is 94.3 Å². The molecule has 1 aromatic heterocycles. The molecule has 0 spiro atoms. The van der Waals surface area contributed by atoms with Gasteiger partial charge in [0.05, 0.1) is 23.5 Å². The van der Waals surface area contributed by atoms with Crippen molar-refractivity contribution in [1.29, 1.82) is 0 Å². The predicted octanol–water partition coefficient (Wildman–Crippen LogP) is 5.15. The van der Waals surface area contributed by atoms with Gasteiger partial charge in [-0.1, -0.05) is 35.9 Å². The first-order chi connectivity index (χ1) is 14.6. The van der Waals surface area contributed by atoms with E-state index in [4.69, 9.17) is 4.74 Å². The number of hydrogen-bond acceptors (Lipinski definition) is 4. The van der Waals surface area contributed by atoms with Gasteiger partial charge in [0, 0.05) is 17.0 Å². The molecule has 3 aromatic carbocycles. The highest BCUT2D eigenvalue weighted by molar-refractivity contribution is 6.02. The molecule has 5 heteroatoms. The number of aromatic nitrogens is 1. The van der Waals surface area contributed by atoms with E-state index < -0.39 is 0 Å². The van der Waals surface area contributed by atoms with Crippen LogP contribution in [-0.2, 0) is 0 Å². The molecule has 30 heavy (non-hydrogen) atoms. The van der Waals surface area contributed by atoms with Crippen LogP contribution in [0.4, 0.5) is 5.69 Å². The summed E-state index contributed by atoms with van der Waals surface area (Å²) in [5, 5.41) is 12.2. The normalized spacial score (nSPS) is 11.3. The van der Waals surface area contributed by atoms with Gasteiger partial charge in [-0.15, -0.1) is 0 Å². The summed E-state index contributed by atoms with van der Waals surface area (Å²) >= 11 is 0. The Bertz CT molecular complexity index is 1270. The van der Waals surface area contributed by atoms with Gasteiger partial charge >= 0.3 is 0 Å². The number of nitrogens with zero attached hydrogens (tertiary/aromatic N) is 2. The zero-order chi connectivity index (χ0) is 21.1. The molecule has 0 saturated heterocycles. The van der Waals surface area contributed by atoms with Gasteiger partial charge in [-0.25, -0.2) is 4.57 Å². The molecule has 0 amide bonds. The van der Waals surface area contributed by atoms with Gasteiger partial charge in [0.1, 0.15) is 5.75 Å². The third-order valence-electron chi connectivity index (χ3n) is 4.89. The molecular weight excluding hydrogens is 376 g/mol. The van der Waals surface area contributed by atoms with E-state index in [9.17, 15) is 9.90 Å². The molecule has 0 aliphatic rings. The van der Waals surface area contributed by atoms with E-state index in [1.165, 1.54) is 4.57 Å².